The van der Waals surface area contributed by atoms with E-state index in [1.54, 1.807) is 6.20 Å². The molecule has 0 aliphatic heterocycles. The zero-order valence-corrected chi connectivity index (χ0v) is 9.12. The molecule has 1 amide bonds. The van der Waals surface area contributed by atoms with Crippen LogP contribution >= 0.6 is 11.8 Å². The molecule has 0 radical (unpaired) electrons. The second-order valence-corrected chi connectivity index (χ2v) is 4.37. The van der Waals surface area contributed by atoms with Crippen LogP contribution in [0.4, 0.5) is 5.82 Å². The topological polar surface area (TPSA) is 107 Å². The second-order valence-electron chi connectivity index (χ2n) is 2.95. The average molecular weight is 227 g/mol. The molecule has 1 aromatic heterocycles. The second kappa shape index (κ2) is 5.52. The molecule has 0 saturated carbocycles. The van der Waals surface area contributed by atoms with E-state index in [0.29, 0.717) is 17.3 Å². The maximum atomic E-state index is 11.0. The van der Waals surface area contributed by atoms with Gasteiger partial charge in [-0.1, -0.05) is 18.7 Å². The number of hydrogen-bond acceptors (Lipinski definition) is 6. The monoisotopic (exact) mass is 227 g/mol. The molecule has 0 fully saturated rings. The Balaban J connectivity index is 2.55. The van der Waals surface area contributed by atoms with Gasteiger partial charge in [-0.25, -0.2) is 15.8 Å². The fourth-order valence-electron chi connectivity index (χ4n) is 0.979. The summed E-state index contributed by atoms with van der Waals surface area (Å²) in [5.74, 6) is 5.15. The third kappa shape index (κ3) is 3.72. The molecule has 0 aromatic carbocycles. The minimum Gasteiger partial charge on any atom is -0.381 e. The zero-order chi connectivity index (χ0) is 11.3. The lowest BCUT2D eigenvalue weighted by Crippen LogP contribution is -2.31. The van der Waals surface area contributed by atoms with Gasteiger partial charge in [0.2, 0.25) is 5.91 Å². The Kier molecular flexibility index (Phi) is 4.32. The van der Waals surface area contributed by atoms with Gasteiger partial charge in [-0.2, -0.15) is 0 Å². The predicted molar refractivity (Wildman–Crippen MR) is 58.7 cm³/mol. The normalized spacial score (nSPS) is 12.1. The first-order chi connectivity index (χ1) is 7.13. The van der Waals surface area contributed by atoms with Crippen LogP contribution in [0.3, 0.4) is 0 Å². The first-order valence-electron chi connectivity index (χ1n) is 4.36. The number of nitrogens with zero attached hydrogens (tertiary/aromatic N) is 2. The van der Waals surface area contributed by atoms with E-state index < -0.39 is 0 Å². The van der Waals surface area contributed by atoms with E-state index in [1.807, 2.05) is 6.92 Å². The van der Waals surface area contributed by atoms with Crippen LogP contribution in [0.1, 0.15) is 13.3 Å². The van der Waals surface area contributed by atoms with E-state index in [-0.39, 0.29) is 11.2 Å². The number of carbonyl (C=O) groups excluding carboxylic acids is 1. The minimum absolute atomic E-state index is 0.0487. The Morgan fingerprint density at radius 3 is 2.87 bits per heavy atom. The van der Waals surface area contributed by atoms with E-state index in [2.05, 4.69) is 15.4 Å². The van der Waals surface area contributed by atoms with Gasteiger partial charge in [-0.3, -0.25) is 10.2 Å². The molecule has 1 unspecified atom stereocenters. The number of anilines is 1. The quantitative estimate of drug-likeness (QED) is 0.287. The molecule has 1 atom stereocenters. The third-order valence-corrected chi connectivity index (χ3v) is 2.74. The van der Waals surface area contributed by atoms with Gasteiger partial charge in [0.25, 0.3) is 0 Å². The van der Waals surface area contributed by atoms with Crippen LogP contribution in [0.15, 0.2) is 17.4 Å². The van der Waals surface area contributed by atoms with Crippen molar-refractivity contribution in [3.8, 4) is 0 Å². The van der Waals surface area contributed by atoms with Crippen LogP contribution in [0.2, 0.25) is 0 Å². The number of rotatable bonds is 4. The Morgan fingerprint density at radius 2 is 2.27 bits per heavy atom. The number of carbonyl (C=O) groups is 1. The number of aromatic nitrogens is 2. The van der Waals surface area contributed by atoms with Gasteiger partial charge in [0.15, 0.2) is 5.82 Å². The first kappa shape index (κ1) is 11.7. The van der Waals surface area contributed by atoms with Crippen molar-refractivity contribution in [1.29, 1.82) is 0 Å². The molecule has 0 bridgehead atoms. The summed E-state index contributed by atoms with van der Waals surface area (Å²) in [6.07, 6.45) is 3.41. The highest BCUT2D eigenvalue weighted by Gasteiger charge is 2.12. The van der Waals surface area contributed by atoms with Gasteiger partial charge in [0.05, 0.1) is 0 Å². The number of amides is 1. The summed E-state index contributed by atoms with van der Waals surface area (Å²) in [4.78, 5) is 18.9. The number of thioether (sulfide) groups is 1. The SMILES string of the molecule is CC(CC(=O)NN)Sc1nccnc1N. The highest BCUT2D eigenvalue weighted by molar-refractivity contribution is 8.00. The van der Waals surface area contributed by atoms with Crippen molar-refractivity contribution in [2.45, 2.75) is 23.6 Å². The van der Waals surface area contributed by atoms with Crippen molar-refractivity contribution in [3.63, 3.8) is 0 Å². The number of nitrogens with two attached hydrogens (primary N) is 2. The van der Waals surface area contributed by atoms with E-state index in [4.69, 9.17) is 11.6 Å². The minimum atomic E-state index is -0.211. The van der Waals surface area contributed by atoms with Gasteiger partial charge in [-0.05, 0) is 0 Å². The largest absolute Gasteiger partial charge is 0.381 e. The highest BCUT2D eigenvalue weighted by Crippen LogP contribution is 2.26. The molecule has 1 heterocycles. The van der Waals surface area contributed by atoms with Crippen molar-refractivity contribution < 1.29 is 4.79 Å². The van der Waals surface area contributed by atoms with Crippen molar-refractivity contribution in [3.05, 3.63) is 12.4 Å². The maximum absolute atomic E-state index is 11.0. The summed E-state index contributed by atoms with van der Waals surface area (Å²) in [6, 6.07) is 0. The molecule has 0 spiro atoms. The lowest BCUT2D eigenvalue weighted by molar-refractivity contribution is -0.121. The highest BCUT2D eigenvalue weighted by atomic mass is 32.2. The smallest absolute Gasteiger partial charge is 0.234 e. The molecule has 15 heavy (non-hydrogen) atoms. The molecule has 1 aromatic rings. The standard InChI is InChI=1S/C8H13N5OS/c1-5(4-6(14)13-10)15-8-7(9)11-2-3-12-8/h2-3,5H,4,10H2,1H3,(H2,9,11)(H,13,14). The van der Waals surface area contributed by atoms with Crippen LogP contribution in [-0.4, -0.2) is 21.1 Å². The molecular formula is C8H13N5OS. The maximum Gasteiger partial charge on any atom is 0.234 e. The van der Waals surface area contributed by atoms with Crippen molar-refractivity contribution in [1.82, 2.24) is 15.4 Å². The van der Waals surface area contributed by atoms with Crippen LogP contribution in [-0.2, 0) is 4.79 Å². The Bertz CT molecular complexity index is 346. The van der Waals surface area contributed by atoms with Crippen molar-refractivity contribution in [2.75, 3.05) is 5.73 Å². The van der Waals surface area contributed by atoms with Gasteiger partial charge in [0, 0.05) is 24.1 Å². The number of hydrogen-bond donors (Lipinski definition) is 3. The lowest BCUT2D eigenvalue weighted by atomic mass is 10.3. The van der Waals surface area contributed by atoms with Gasteiger partial charge in [-0.15, -0.1) is 0 Å². The van der Waals surface area contributed by atoms with E-state index in [1.165, 1.54) is 18.0 Å². The molecular weight excluding hydrogens is 214 g/mol. The predicted octanol–water partition coefficient (Wildman–Crippen LogP) is -0.0806. The van der Waals surface area contributed by atoms with Crippen LogP contribution < -0.4 is 17.0 Å². The summed E-state index contributed by atoms with van der Waals surface area (Å²) in [5.41, 5.74) is 7.69. The van der Waals surface area contributed by atoms with Crippen LogP contribution in [0.5, 0.6) is 0 Å². The summed E-state index contributed by atoms with van der Waals surface area (Å²) < 4.78 is 0. The summed E-state index contributed by atoms with van der Waals surface area (Å²) in [6.45, 7) is 1.90. The number of nitrogens with one attached hydrogen (secondary N) is 1. The third-order valence-electron chi connectivity index (χ3n) is 1.64. The van der Waals surface area contributed by atoms with E-state index in [9.17, 15) is 4.79 Å². The Labute approximate surface area is 91.8 Å². The molecule has 1 rings (SSSR count). The fraction of sp³-hybridized carbons (Fsp3) is 0.375. The van der Waals surface area contributed by atoms with Crippen LogP contribution in [0, 0.1) is 0 Å². The Morgan fingerprint density at radius 1 is 1.60 bits per heavy atom. The summed E-state index contributed by atoms with van der Waals surface area (Å²) in [5, 5.41) is 0.683. The zero-order valence-electron chi connectivity index (χ0n) is 8.30. The first-order valence-corrected chi connectivity index (χ1v) is 5.24. The van der Waals surface area contributed by atoms with Crippen LogP contribution in [0.25, 0.3) is 0 Å². The van der Waals surface area contributed by atoms with E-state index >= 15 is 0 Å². The Hall–Kier alpha value is -1.34. The molecule has 0 aliphatic carbocycles. The summed E-state index contributed by atoms with van der Waals surface area (Å²) in [7, 11) is 0. The molecule has 5 N–H and O–H groups in total. The van der Waals surface area contributed by atoms with Gasteiger partial charge in [0.1, 0.15) is 5.03 Å². The molecule has 6 nitrogen and oxygen atoms in total. The average Bonchev–Trinajstić information content (AvgIpc) is 2.21. The molecule has 7 heteroatoms. The molecule has 0 saturated heterocycles. The van der Waals surface area contributed by atoms with Crippen molar-refractivity contribution >= 4 is 23.5 Å². The van der Waals surface area contributed by atoms with Crippen molar-refractivity contribution in [2.24, 2.45) is 5.84 Å². The lowest BCUT2D eigenvalue weighted by Gasteiger charge is -2.09. The molecule has 0 aliphatic rings. The van der Waals surface area contributed by atoms with Gasteiger partial charge >= 0.3 is 0 Å². The van der Waals surface area contributed by atoms with Gasteiger partial charge < -0.3 is 5.73 Å². The fourth-order valence-corrected chi connectivity index (χ4v) is 1.89. The van der Waals surface area contributed by atoms with E-state index in [0.717, 1.165) is 0 Å². The number of nitrogen functional groups attached to an aromatic ring is 1. The summed E-state index contributed by atoms with van der Waals surface area (Å²) >= 11 is 1.40. The molecule has 82 valence electrons. The number of hydrazine groups is 1.